The van der Waals surface area contributed by atoms with Crippen LogP contribution in [0, 0.1) is 0 Å². The summed E-state index contributed by atoms with van der Waals surface area (Å²) in [5, 5.41) is 4.59. The van der Waals surface area contributed by atoms with E-state index in [1.807, 2.05) is 29.2 Å². The number of amides is 3. The van der Waals surface area contributed by atoms with Gasteiger partial charge in [-0.1, -0.05) is 44.2 Å². The van der Waals surface area contributed by atoms with Gasteiger partial charge in [-0.2, -0.15) is 4.31 Å². The number of hydrogen-bond donors (Lipinski definition) is 1. The highest BCUT2D eigenvalue weighted by Crippen LogP contribution is 2.30. The largest absolute Gasteiger partial charge is 0.326 e. The minimum absolute atomic E-state index is 0.136. The Balaban J connectivity index is 1.41. The van der Waals surface area contributed by atoms with Crippen molar-refractivity contribution >= 4 is 33.3 Å². The first-order valence-corrected chi connectivity index (χ1v) is 13.0. The van der Waals surface area contributed by atoms with Gasteiger partial charge in [0, 0.05) is 26.2 Å². The number of rotatable bonds is 6. The molecule has 1 N–H and O–H groups in total. The number of hydrogen-bond acceptors (Lipinski definition) is 6. The van der Waals surface area contributed by atoms with Crippen LogP contribution in [-0.2, 0) is 20.4 Å². The predicted octanol–water partition coefficient (Wildman–Crippen LogP) is 2.60. The van der Waals surface area contributed by atoms with Gasteiger partial charge >= 0.3 is 6.03 Å². The fourth-order valence-electron chi connectivity index (χ4n) is 4.07. The molecule has 0 aliphatic carbocycles. The first-order chi connectivity index (χ1) is 15.1. The van der Waals surface area contributed by atoms with Crippen LogP contribution in [0.4, 0.5) is 4.79 Å². The first-order valence-electron chi connectivity index (χ1n) is 10.6. The minimum Gasteiger partial charge on any atom is -0.319 e. The number of imide groups is 1. The summed E-state index contributed by atoms with van der Waals surface area (Å²) in [5.74, 6) is 0.0814. The topological polar surface area (TPSA) is 90.0 Å². The fraction of sp³-hybridized carbons (Fsp3) is 0.455. The van der Waals surface area contributed by atoms with Gasteiger partial charge in [0.25, 0.3) is 15.9 Å². The molecule has 0 spiro atoms. The SMILES string of the molecule is CC(C)c1ccc(C2(C)NC(=O)N(CN3CCN(S(=O)(=O)c4cccs4)CC3)C2=O)cc1. The molecule has 2 fully saturated rings. The Bertz CT molecular complexity index is 1090. The lowest BCUT2D eigenvalue weighted by atomic mass is 9.90. The van der Waals surface area contributed by atoms with Crippen LogP contribution in [0.1, 0.15) is 37.8 Å². The summed E-state index contributed by atoms with van der Waals surface area (Å²) in [6, 6.07) is 10.7. The molecular weight excluding hydrogens is 448 g/mol. The van der Waals surface area contributed by atoms with Crippen molar-refractivity contribution in [1.29, 1.82) is 0 Å². The number of carbonyl (C=O) groups is 2. The summed E-state index contributed by atoms with van der Waals surface area (Å²) in [7, 11) is -3.49. The van der Waals surface area contributed by atoms with Crippen molar-refractivity contribution in [3.63, 3.8) is 0 Å². The summed E-state index contributed by atoms with van der Waals surface area (Å²) in [4.78, 5) is 29.0. The Morgan fingerprint density at radius 1 is 1.06 bits per heavy atom. The van der Waals surface area contributed by atoms with E-state index in [1.54, 1.807) is 24.4 Å². The van der Waals surface area contributed by atoms with E-state index in [9.17, 15) is 18.0 Å². The molecule has 1 atom stereocenters. The van der Waals surface area contributed by atoms with Crippen molar-refractivity contribution in [3.05, 3.63) is 52.9 Å². The summed E-state index contributed by atoms with van der Waals surface area (Å²) < 4.78 is 27.2. The minimum atomic E-state index is -3.49. The number of urea groups is 1. The quantitative estimate of drug-likeness (QED) is 0.648. The van der Waals surface area contributed by atoms with E-state index in [0.717, 1.165) is 5.56 Å². The lowest BCUT2D eigenvalue weighted by molar-refractivity contribution is -0.132. The zero-order chi connectivity index (χ0) is 23.1. The second-order valence-corrected chi connectivity index (χ2v) is 11.8. The van der Waals surface area contributed by atoms with E-state index in [4.69, 9.17) is 0 Å². The molecule has 0 saturated carbocycles. The highest BCUT2D eigenvalue weighted by molar-refractivity contribution is 7.91. The number of nitrogens with zero attached hydrogens (tertiary/aromatic N) is 3. The van der Waals surface area contributed by atoms with Gasteiger partial charge < -0.3 is 5.32 Å². The van der Waals surface area contributed by atoms with Crippen LogP contribution in [0.25, 0.3) is 0 Å². The van der Waals surface area contributed by atoms with Gasteiger partial charge in [-0.05, 0) is 35.4 Å². The van der Waals surface area contributed by atoms with Crippen LogP contribution < -0.4 is 5.32 Å². The lowest BCUT2D eigenvalue weighted by Crippen LogP contribution is -2.52. The number of piperazine rings is 1. The number of nitrogens with one attached hydrogen (secondary N) is 1. The third-order valence-corrected chi connectivity index (χ3v) is 9.46. The zero-order valence-corrected chi connectivity index (χ0v) is 20.1. The molecule has 2 aromatic rings. The van der Waals surface area contributed by atoms with Crippen molar-refractivity contribution in [2.75, 3.05) is 32.8 Å². The molecule has 172 valence electrons. The fourth-order valence-corrected chi connectivity index (χ4v) is 6.64. The molecule has 4 rings (SSSR count). The maximum absolute atomic E-state index is 13.2. The maximum Gasteiger partial charge on any atom is 0.326 e. The number of thiophene rings is 1. The molecule has 8 nitrogen and oxygen atoms in total. The van der Waals surface area contributed by atoms with Gasteiger partial charge in [0.15, 0.2) is 0 Å². The van der Waals surface area contributed by atoms with Crippen LogP contribution >= 0.6 is 11.3 Å². The Morgan fingerprint density at radius 2 is 1.72 bits per heavy atom. The second-order valence-electron chi connectivity index (χ2n) is 8.66. The van der Waals surface area contributed by atoms with Gasteiger partial charge in [-0.15, -0.1) is 11.3 Å². The Labute approximate surface area is 192 Å². The molecule has 3 amide bonds. The molecule has 0 bridgehead atoms. The predicted molar refractivity (Wildman–Crippen MR) is 123 cm³/mol. The smallest absolute Gasteiger partial charge is 0.319 e. The summed E-state index contributed by atoms with van der Waals surface area (Å²) >= 11 is 1.20. The third-order valence-electron chi connectivity index (χ3n) is 6.19. The second kappa shape index (κ2) is 8.58. The number of benzene rings is 1. The van der Waals surface area contributed by atoms with Crippen molar-refractivity contribution < 1.29 is 18.0 Å². The molecule has 1 aromatic carbocycles. The van der Waals surface area contributed by atoms with E-state index >= 15 is 0 Å². The Hall–Kier alpha value is -2.27. The third kappa shape index (κ3) is 4.07. The highest BCUT2D eigenvalue weighted by atomic mass is 32.2. The average Bonchev–Trinajstić information content (AvgIpc) is 3.39. The lowest BCUT2D eigenvalue weighted by Gasteiger charge is -2.35. The zero-order valence-electron chi connectivity index (χ0n) is 18.4. The average molecular weight is 477 g/mol. The molecular formula is C22H28N4O4S2. The van der Waals surface area contributed by atoms with E-state index in [0.29, 0.717) is 36.3 Å². The maximum atomic E-state index is 13.2. The first kappa shape index (κ1) is 22.9. The standard InChI is InChI=1S/C22H28N4O4S2/c1-16(2)17-6-8-18(9-7-17)22(3)20(27)26(21(28)23-22)15-24-10-12-25(13-11-24)32(29,30)19-5-4-14-31-19/h4-9,14,16H,10-13,15H2,1-3H3,(H,23,28). The van der Waals surface area contributed by atoms with Crippen molar-refractivity contribution in [1.82, 2.24) is 19.4 Å². The molecule has 3 heterocycles. The van der Waals surface area contributed by atoms with Gasteiger partial charge in [0.05, 0.1) is 6.67 Å². The molecule has 32 heavy (non-hydrogen) atoms. The van der Waals surface area contributed by atoms with Gasteiger partial charge in [-0.25, -0.2) is 18.1 Å². The Morgan fingerprint density at radius 3 is 2.28 bits per heavy atom. The molecule has 10 heteroatoms. The van der Waals surface area contributed by atoms with E-state index < -0.39 is 21.6 Å². The van der Waals surface area contributed by atoms with Crippen LogP contribution in [0.5, 0.6) is 0 Å². The molecule has 1 unspecified atom stereocenters. The van der Waals surface area contributed by atoms with Gasteiger partial charge in [-0.3, -0.25) is 9.69 Å². The molecule has 2 aliphatic rings. The van der Waals surface area contributed by atoms with E-state index in [2.05, 4.69) is 19.2 Å². The normalized spacial score (nSPS) is 23.2. The summed E-state index contributed by atoms with van der Waals surface area (Å²) in [6.45, 7) is 7.59. The highest BCUT2D eigenvalue weighted by Gasteiger charge is 2.49. The van der Waals surface area contributed by atoms with E-state index in [-0.39, 0.29) is 12.6 Å². The van der Waals surface area contributed by atoms with E-state index in [1.165, 1.54) is 26.1 Å². The van der Waals surface area contributed by atoms with Crippen molar-refractivity contribution in [2.24, 2.45) is 0 Å². The van der Waals surface area contributed by atoms with Crippen LogP contribution in [-0.4, -0.2) is 67.3 Å². The number of carbonyl (C=O) groups excluding carboxylic acids is 2. The number of sulfonamides is 1. The summed E-state index contributed by atoms with van der Waals surface area (Å²) in [6.07, 6.45) is 0. The molecule has 2 aliphatic heterocycles. The van der Waals surface area contributed by atoms with Crippen LogP contribution in [0.3, 0.4) is 0 Å². The van der Waals surface area contributed by atoms with Crippen LogP contribution in [0.15, 0.2) is 46.0 Å². The van der Waals surface area contributed by atoms with Gasteiger partial charge in [0.1, 0.15) is 9.75 Å². The van der Waals surface area contributed by atoms with Crippen LogP contribution in [0.2, 0.25) is 0 Å². The Kier molecular flexibility index (Phi) is 6.15. The summed E-state index contributed by atoms with van der Waals surface area (Å²) in [5.41, 5.74) is 0.799. The van der Waals surface area contributed by atoms with Crippen molar-refractivity contribution in [3.8, 4) is 0 Å². The van der Waals surface area contributed by atoms with Gasteiger partial charge in [0.2, 0.25) is 0 Å². The molecule has 1 aromatic heterocycles. The monoisotopic (exact) mass is 476 g/mol. The van der Waals surface area contributed by atoms with Crippen molar-refractivity contribution in [2.45, 2.75) is 36.4 Å². The molecule has 0 radical (unpaired) electrons. The molecule has 2 saturated heterocycles.